The van der Waals surface area contributed by atoms with Gasteiger partial charge in [0.15, 0.2) is 5.69 Å². The highest BCUT2D eigenvalue weighted by atomic mass is 16.5. The molecule has 1 aliphatic rings. The number of ether oxygens (including phenoxy) is 1. The summed E-state index contributed by atoms with van der Waals surface area (Å²) >= 11 is 0. The van der Waals surface area contributed by atoms with Gasteiger partial charge in [0, 0.05) is 6.54 Å². The summed E-state index contributed by atoms with van der Waals surface area (Å²) in [6, 6.07) is 0. The third kappa shape index (κ3) is 2.21. The number of aromatic nitrogens is 2. The monoisotopic (exact) mass is 251 g/mol. The maximum Gasteiger partial charge on any atom is 0.360 e. The van der Waals surface area contributed by atoms with E-state index in [1.165, 1.54) is 6.42 Å². The lowest BCUT2D eigenvalue weighted by molar-refractivity contribution is 0.0521. The summed E-state index contributed by atoms with van der Waals surface area (Å²) in [5.41, 5.74) is 6.63. The Morgan fingerprint density at radius 1 is 1.61 bits per heavy atom. The van der Waals surface area contributed by atoms with Gasteiger partial charge >= 0.3 is 5.97 Å². The molecule has 2 rings (SSSR count). The van der Waals surface area contributed by atoms with Crippen LogP contribution in [0, 0.1) is 18.3 Å². The number of nitrogens with two attached hydrogens (primary N) is 1. The van der Waals surface area contributed by atoms with Crippen molar-refractivity contribution in [2.45, 2.75) is 40.7 Å². The fourth-order valence-electron chi connectivity index (χ4n) is 2.27. The lowest BCUT2D eigenvalue weighted by atomic mass is 10.1. The van der Waals surface area contributed by atoms with Gasteiger partial charge in [-0.3, -0.25) is 0 Å². The number of carbonyl (C=O) groups is 1. The van der Waals surface area contributed by atoms with Crippen LogP contribution in [-0.4, -0.2) is 22.1 Å². The molecule has 0 radical (unpaired) electrons. The van der Waals surface area contributed by atoms with Crippen LogP contribution in [0.1, 0.15) is 43.5 Å². The normalized spacial score (nSPS) is 20.8. The first-order valence-electron chi connectivity index (χ1n) is 6.36. The molecule has 0 amide bonds. The zero-order chi connectivity index (χ0) is 13.5. The molecule has 18 heavy (non-hydrogen) atoms. The molecule has 0 saturated heterocycles. The fraction of sp³-hybridized carbons (Fsp3) is 0.692. The first-order chi connectivity index (χ1) is 8.36. The van der Waals surface area contributed by atoms with Crippen molar-refractivity contribution in [3.05, 3.63) is 11.5 Å². The quantitative estimate of drug-likeness (QED) is 0.831. The second-order valence-corrected chi connectivity index (χ2v) is 5.61. The predicted molar refractivity (Wildman–Crippen MR) is 69.2 cm³/mol. The number of nitrogen functional groups attached to an aromatic ring is 1. The summed E-state index contributed by atoms with van der Waals surface area (Å²) in [4.78, 5) is 15.9. The number of esters is 1. The Bertz CT molecular complexity index is 477. The van der Waals surface area contributed by atoms with Crippen molar-refractivity contribution in [2.75, 3.05) is 12.3 Å². The summed E-state index contributed by atoms with van der Waals surface area (Å²) in [7, 11) is 0. The molecule has 1 aromatic heterocycles. The van der Waals surface area contributed by atoms with Crippen molar-refractivity contribution in [3.8, 4) is 0 Å². The Morgan fingerprint density at radius 2 is 2.22 bits per heavy atom. The van der Waals surface area contributed by atoms with Gasteiger partial charge in [-0.15, -0.1) is 0 Å². The van der Waals surface area contributed by atoms with E-state index < -0.39 is 5.97 Å². The standard InChI is InChI=1S/C13H21N3O2/c1-5-18-12(17)10-11(14)16(8(2)15-10)7-9-6-13(9,3)4/h9H,5-7,14H2,1-4H3. The van der Waals surface area contributed by atoms with E-state index in [9.17, 15) is 4.79 Å². The van der Waals surface area contributed by atoms with E-state index in [0.29, 0.717) is 23.8 Å². The molecule has 1 heterocycles. The second kappa shape index (κ2) is 4.30. The van der Waals surface area contributed by atoms with Gasteiger partial charge in [0.05, 0.1) is 6.61 Å². The van der Waals surface area contributed by atoms with E-state index in [4.69, 9.17) is 10.5 Å². The van der Waals surface area contributed by atoms with E-state index >= 15 is 0 Å². The Hall–Kier alpha value is -1.52. The minimum absolute atomic E-state index is 0.243. The summed E-state index contributed by atoms with van der Waals surface area (Å²) in [6.07, 6.45) is 1.19. The van der Waals surface area contributed by atoms with Gasteiger partial charge in [-0.05, 0) is 31.6 Å². The molecule has 0 spiro atoms. The summed E-state index contributed by atoms with van der Waals surface area (Å²) < 4.78 is 6.87. The molecule has 5 nitrogen and oxygen atoms in total. The fourth-order valence-corrected chi connectivity index (χ4v) is 2.27. The lowest BCUT2D eigenvalue weighted by Crippen LogP contribution is -2.11. The highest BCUT2D eigenvalue weighted by Crippen LogP contribution is 2.52. The minimum Gasteiger partial charge on any atom is -0.461 e. The number of nitrogens with zero attached hydrogens (tertiary/aromatic N) is 2. The number of hydrogen-bond acceptors (Lipinski definition) is 4. The summed E-state index contributed by atoms with van der Waals surface area (Å²) in [5.74, 6) is 1.38. The highest BCUT2D eigenvalue weighted by molar-refractivity contribution is 5.92. The van der Waals surface area contributed by atoms with E-state index in [-0.39, 0.29) is 5.69 Å². The number of imidazole rings is 1. The minimum atomic E-state index is -0.438. The zero-order valence-electron chi connectivity index (χ0n) is 11.5. The molecule has 2 N–H and O–H groups in total. The van der Waals surface area contributed by atoms with Crippen molar-refractivity contribution in [2.24, 2.45) is 11.3 Å². The van der Waals surface area contributed by atoms with Crippen molar-refractivity contribution >= 4 is 11.8 Å². The van der Waals surface area contributed by atoms with E-state index in [1.807, 2.05) is 11.5 Å². The van der Waals surface area contributed by atoms with Gasteiger partial charge in [0.25, 0.3) is 0 Å². The van der Waals surface area contributed by atoms with Crippen molar-refractivity contribution in [3.63, 3.8) is 0 Å². The first kappa shape index (κ1) is 12.9. The van der Waals surface area contributed by atoms with Crippen LogP contribution in [0.25, 0.3) is 0 Å². The Labute approximate surface area is 107 Å². The highest BCUT2D eigenvalue weighted by Gasteiger charge is 2.45. The maximum absolute atomic E-state index is 11.7. The molecule has 1 aromatic rings. The van der Waals surface area contributed by atoms with E-state index in [0.717, 1.165) is 12.4 Å². The molecule has 100 valence electrons. The lowest BCUT2D eigenvalue weighted by Gasteiger charge is -2.09. The maximum atomic E-state index is 11.7. The SMILES string of the molecule is CCOC(=O)c1nc(C)n(CC2CC2(C)C)c1N. The van der Waals surface area contributed by atoms with Crippen LogP contribution >= 0.6 is 0 Å². The number of aryl methyl sites for hydroxylation is 1. The van der Waals surface area contributed by atoms with Crippen LogP contribution in [0.3, 0.4) is 0 Å². The number of rotatable bonds is 4. The first-order valence-corrected chi connectivity index (χ1v) is 6.36. The Morgan fingerprint density at radius 3 is 2.72 bits per heavy atom. The van der Waals surface area contributed by atoms with Gasteiger partial charge in [0.1, 0.15) is 11.6 Å². The molecule has 1 fully saturated rings. The van der Waals surface area contributed by atoms with Gasteiger partial charge in [-0.25, -0.2) is 9.78 Å². The van der Waals surface area contributed by atoms with Crippen molar-refractivity contribution in [1.82, 2.24) is 9.55 Å². The average molecular weight is 251 g/mol. The molecule has 0 aliphatic heterocycles. The average Bonchev–Trinajstić information content (AvgIpc) is 2.78. The second-order valence-electron chi connectivity index (χ2n) is 5.61. The third-order valence-electron chi connectivity index (χ3n) is 3.79. The Kier molecular flexibility index (Phi) is 3.09. The van der Waals surface area contributed by atoms with Crippen LogP contribution < -0.4 is 5.73 Å². The topological polar surface area (TPSA) is 70.1 Å². The molecule has 5 heteroatoms. The van der Waals surface area contributed by atoms with Crippen LogP contribution in [0.15, 0.2) is 0 Å². The molecule has 1 atom stereocenters. The molecule has 1 aliphatic carbocycles. The predicted octanol–water partition coefficient (Wildman–Crippen LogP) is 2.00. The zero-order valence-corrected chi connectivity index (χ0v) is 11.5. The molecular weight excluding hydrogens is 230 g/mol. The van der Waals surface area contributed by atoms with Gasteiger partial charge in [-0.2, -0.15) is 0 Å². The van der Waals surface area contributed by atoms with Crippen LogP contribution in [0.5, 0.6) is 0 Å². The number of anilines is 1. The van der Waals surface area contributed by atoms with E-state index in [1.54, 1.807) is 6.92 Å². The van der Waals surface area contributed by atoms with E-state index in [2.05, 4.69) is 18.8 Å². The summed E-state index contributed by atoms with van der Waals surface area (Å²) in [6.45, 7) is 9.29. The number of hydrogen-bond donors (Lipinski definition) is 1. The molecule has 0 aromatic carbocycles. The Balaban J connectivity index is 2.19. The van der Waals surface area contributed by atoms with Crippen molar-refractivity contribution < 1.29 is 9.53 Å². The molecule has 1 saturated carbocycles. The largest absolute Gasteiger partial charge is 0.461 e. The van der Waals surface area contributed by atoms with Gasteiger partial charge < -0.3 is 15.0 Å². The van der Waals surface area contributed by atoms with Crippen molar-refractivity contribution in [1.29, 1.82) is 0 Å². The van der Waals surface area contributed by atoms with Crippen LogP contribution in [0.2, 0.25) is 0 Å². The number of carbonyl (C=O) groups excluding carboxylic acids is 1. The molecule has 1 unspecified atom stereocenters. The molecular formula is C13H21N3O2. The van der Waals surface area contributed by atoms with Crippen LogP contribution in [0.4, 0.5) is 5.82 Å². The van der Waals surface area contributed by atoms with Gasteiger partial charge in [0.2, 0.25) is 0 Å². The molecule has 0 bridgehead atoms. The van der Waals surface area contributed by atoms with Gasteiger partial charge in [-0.1, -0.05) is 13.8 Å². The summed E-state index contributed by atoms with van der Waals surface area (Å²) in [5, 5.41) is 0. The third-order valence-corrected chi connectivity index (χ3v) is 3.79. The van der Waals surface area contributed by atoms with Crippen LogP contribution in [-0.2, 0) is 11.3 Å². The smallest absolute Gasteiger partial charge is 0.360 e.